The minimum absolute atomic E-state index is 0.224. The predicted octanol–water partition coefficient (Wildman–Crippen LogP) is 2.67. The molecule has 2 N–H and O–H groups in total. The molecule has 0 saturated heterocycles. The number of hydrogen-bond acceptors (Lipinski definition) is 7. The van der Waals surface area contributed by atoms with E-state index in [2.05, 4.69) is 32.6 Å². The Kier molecular flexibility index (Phi) is 6.45. The average molecular weight is 395 g/mol. The molecule has 1 amide bonds. The van der Waals surface area contributed by atoms with E-state index < -0.39 is 0 Å². The molecule has 8 nitrogen and oxygen atoms in total. The van der Waals surface area contributed by atoms with Gasteiger partial charge in [0.1, 0.15) is 5.82 Å². The molecule has 3 rings (SSSR count). The average Bonchev–Trinajstić information content (AvgIpc) is 3.14. The van der Waals surface area contributed by atoms with Crippen LogP contribution in [0.3, 0.4) is 0 Å². The van der Waals surface area contributed by atoms with Crippen molar-refractivity contribution >= 4 is 34.5 Å². The number of fused-ring (bicyclic) bond motifs is 1. The molecule has 0 spiro atoms. The molecule has 0 fully saturated rings. The van der Waals surface area contributed by atoms with E-state index in [0.29, 0.717) is 29.4 Å². The normalized spacial score (nSPS) is 10.6. The molecule has 9 heteroatoms. The lowest BCUT2D eigenvalue weighted by Crippen LogP contribution is -2.27. The number of nitrogens with zero attached hydrogens (tertiary/aromatic N) is 5. The zero-order valence-corrected chi connectivity index (χ0v) is 16.6. The molecule has 0 unspecified atom stereocenters. The maximum atomic E-state index is 12.3. The quantitative estimate of drug-likeness (QED) is 0.446. The van der Waals surface area contributed by atoms with Gasteiger partial charge in [-0.05, 0) is 30.9 Å². The molecule has 0 radical (unpaired) electrons. The minimum Gasteiger partial charge on any atom is -0.369 e. The highest BCUT2D eigenvalue weighted by molar-refractivity contribution is 7.98. The van der Waals surface area contributed by atoms with Gasteiger partial charge in [0.2, 0.25) is 0 Å². The maximum absolute atomic E-state index is 12.3. The summed E-state index contributed by atoms with van der Waals surface area (Å²) in [5.41, 5.74) is 1.65. The largest absolute Gasteiger partial charge is 0.369 e. The summed E-state index contributed by atoms with van der Waals surface area (Å²) < 4.78 is 1.76. The van der Waals surface area contributed by atoms with Crippen molar-refractivity contribution in [3.05, 3.63) is 41.6 Å². The van der Waals surface area contributed by atoms with Crippen LogP contribution in [-0.4, -0.2) is 45.0 Å². The first-order chi connectivity index (χ1) is 13.7. The Bertz CT molecular complexity index is 1020. The minimum atomic E-state index is -0.224. The van der Waals surface area contributed by atoms with E-state index in [1.807, 2.05) is 12.3 Å². The lowest BCUT2D eigenvalue weighted by molar-refractivity contribution is 0.0952. The molecule has 2 aromatic heterocycles. The second-order valence-corrected chi connectivity index (χ2v) is 6.81. The number of anilines is 1. The van der Waals surface area contributed by atoms with E-state index in [1.165, 1.54) is 11.8 Å². The number of rotatable bonds is 8. The summed E-state index contributed by atoms with van der Waals surface area (Å²) in [5.74, 6) is 0.554. The van der Waals surface area contributed by atoms with Crippen molar-refractivity contribution in [1.29, 1.82) is 5.26 Å². The number of benzene rings is 1. The first-order valence-corrected chi connectivity index (χ1v) is 10.2. The van der Waals surface area contributed by atoms with Crippen LogP contribution in [0.25, 0.3) is 11.0 Å². The Hall–Kier alpha value is -3.12. The van der Waals surface area contributed by atoms with Crippen LogP contribution >= 0.6 is 11.8 Å². The van der Waals surface area contributed by atoms with E-state index in [-0.39, 0.29) is 5.91 Å². The third kappa shape index (κ3) is 4.40. The van der Waals surface area contributed by atoms with Crippen LogP contribution in [0.4, 0.5) is 5.82 Å². The summed E-state index contributed by atoms with van der Waals surface area (Å²) in [6.07, 6.45) is 4.67. The zero-order valence-electron chi connectivity index (χ0n) is 15.8. The molecule has 1 aromatic carbocycles. The molecule has 144 valence electrons. The van der Waals surface area contributed by atoms with E-state index in [1.54, 1.807) is 35.1 Å². The molecule has 0 bridgehead atoms. The van der Waals surface area contributed by atoms with Gasteiger partial charge >= 0.3 is 0 Å². The van der Waals surface area contributed by atoms with Crippen LogP contribution < -0.4 is 10.6 Å². The van der Waals surface area contributed by atoms with Gasteiger partial charge in [-0.15, -0.1) is 0 Å². The molecule has 0 aliphatic heterocycles. The molecular weight excluding hydrogens is 374 g/mol. The van der Waals surface area contributed by atoms with E-state index >= 15 is 0 Å². The maximum Gasteiger partial charge on any atom is 0.251 e. The van der Waals surface area contributed by atoms with Crippen molar-refractivity contribution in [3.63, 3.8) is 0 Å². The van der Waals surface area contributed by atoms with E-state index in [0.717, 1.165) is 29.8 Å². The number of nitriles is 1. The van der Waals surface area contributed by atoms with Crippen molar-refractivity contribution in [2.24, 2.45) is 0 Å². The molecule has 0 aliphatic carbocycles. The van der Waals surface area contributed by atoms with Crippen LogP contribution in [0, 0.1) is 11.3 Å². The monoisotopic (exact) mass is 395 g/mol. The summed E-state index contributed by atoms with van der Waals surface area (Å²) in [7, 11) is 0. The van der Waals surface area contributed by atoms with Crippen molar-refractivity contribution < 1.29 is 4.79 Å². The Morgan fingerprint density at radius 3 is 2.93 bits per heavy atom. The lowest BCUT2D eigenvalue weighted by Gasteiger charge is -2.09. The van der Waals surface area contributed by atoms with Crippen LogP contribution in [-0.2, 0) is 6.54 Å². The van der Waals surface area contributed by atoms with Gasteiger partial charge in [-0.3, -0.25) is 4.79 Å². The second kappa shape index (κ2) is 9.19. The summed E-state index contributed by atoms with van der Waals surface area (Å²) in [6, 6.07) is 8.65. The number of amides is 1. The Labute approximate surface area is 167 Å². The van der Waals surface area contributed by atoms with Crippen LogP contribution in [0.5, 0.6) is 0 Å². The van der Waals surface area contributed by atoms with Crippen molar-refractivity contribution in [2.45, 2.75) is 25.0 Å². The highest BCUT2D eigenvalue weighted by Crippen LogP contribution is 2.23. The number of carbonyl (C=O) groups is 1. The smallest absolute Gasteiger partial charge is 0.251 e. The fourth-order valence-corrected chi connectivity index (χ4v) is 3.04. The van der Waals surface area contributed by atoms with Gasteiger partial charge in [0.05, 0.1) is 29.8 Å². The van der Waals surface area contributed by atoms with Gasteiger partial charge in [0.15, 0.2) is 10.8 Å². The zero-order chi connectivity index (χ0) is 19.9. The number of aromatic nitrogens is 4. The second-order valence-electron chi connectivity index (χ2n) is 6.04. The Morgan fingerprint density at radius 2 is 2.18 bits per heavy atom. The van der Waals surface area contributed by atoms with E-state index in [9.17, 15) is 4.79 Å². The highest BCUT2D eigenvalue weighted by Gasteiger charge is 2.13. The number of hydrogen-bond donors (Lipinski definition) is 2. The first-order valence-electron chi connectivity index (χ1n) is 8.96. The van der Waals surface area contributed by atoms with Crippen LogP contribution in [0.2, 0.25) is 0 Å². The van der Waals surface area contributed by atoms with Crippen LogP contribution in [0.15, 0.2) is 35.6 Å². The number of carbonyl (C=O) groups excluding carboxylic acids is 1. The van der Waals surface area contributed by atoms with Crippen molar-refractivity contribution in [1.82, 2.24) is 25.1 Å². The van der Waals surface area contributed by atoms with Gasteiger partial charge in [0, 0.05) is 18.7 Å². The molecule has 0 aliphatic rings. The molecule has 2 heterocycles. The third-order valence-electron chi connectivity index (χ3n) is 4.06. The van der Waals surface area contributed by atoms with Gasteiger partial charge < -0.3 is 10.6 Å². The fraction of sp³-hybridized carbons (Fsp3) is 0.316. The molecule has 0 saturated carbocycles. The van der Waals surface area contributed by atoms with Gasteiger partial charge in [-0.2, -0.15) is 10.4 Å². The summed E-state index contributed by atoms with van der Waals surface area (Å²) >= 11 is 1.47. The summed E-state index contributed by atoms with van der Waals surface area (Å²) in [4.78, 5) is 21.4. The van der Waals surface area contributed by atoms with Crippen LogP contribution in [0.1, 0.15) is 29.3 Å². The molecular formula is C19H21N7OS. The highest BCUT2D eigenvalue weighted by atomic mass is 32.2. The number of nitrogens with one attached hydrogen (secondary N) is 2. The number of thioether (sulfide) groups is 1. The van der Waals surface area contributed by atoms with Crippen molar-refractivity contribution in [3.8, 4) is 6.07 Å². The molecule has 0 atom stereocenters. The Morgan fingerprint density at radius 1 is 1.32 bits per heavy atom. The van der Waals surface area contributed by atoms with Gasteiger partial charge in [-0.1, -0.05) is 24.8 Å². The van der Waals surface area contributed by atoms with E-state index in [4.69, 9.17) is 5.26 Å². The fourth-order valence-electron chi connectivity index (χ4n) is 2.68. The van der Waals surface area contributed by atoms with Crippen molar-refractivity contribution in [2.75, 3.05) is 24.7 Å². The summed E-state index contributed by atoms with van der Waals surface area (Å²) in [5, 5.41) is 21.1. The van der Waals surface area contributed by atoms with Gasteiger partial charge in [0.25, 0.3) is 5.91 Å². The SMILES string of the molecule is CCCNc1nc(SC)nc2c1cnn2CCNC(=O)c1cccc(C#N)c1. The molecule has 3 aromatic rings. The lowest BCUT2D eigenvalue weighted by atomic mass is 10.1. The molecule has 28 heavy (non-hydrogen) atoms. The standard InChI is InChI=1S/C19H21N7OS/c1-3-7-21-16-15-12-23-26(17(15)25-19(24-16)28-2)9-8-22-18(27)14-6-4-5-13(10-14)11-20/h4-6,10,12H,3,7-9H2,1-2H3,(H,22,27)(H,21,24,25). The first kappa shape index (κ1) is 19.6. The topological polar surface area (TPSA) is 109 Å². The van der Waals surface area contributed by atoms with Gasteiger partial charge in [-0.25, -0.2) is 14.6 Å². The summed E-state index contributed by atoms with van der Waals surface area (Å²) in [6.45, 7) is 3.79. The third-order valence-corrected chi connectivity index (χ3v) is 4.61. The Balaban J connectivity index is 1.72. The predicted molar refractivity (Wildman–Crippen MR) is 109 cm³/mol.